The number of piperidine rings is 2. The molecule has 3 unspecified atom stereocenters. The van der Waals surface area contributed by atoms with Crippen molar-refractivity contribution in [2.24, 2.45) is 17.3 Å². The van der Waals surface area contributed by atoms with Crippen LogP contribution in [0.2, 0.25) is 0 Å². The molecule has 1 aliphatic carbocycles. The standard InChI is InChI=1S/C14H27N/c1-10(2)15-9-11-6-7-12(15)8-13(11)14(3,4)5/h10-13H,6-9H2,1-5H3. The largest absolute Gasteiger partial charge is 0.298 e. The topological polar surface area (TPSA) is 3.24 Å². The SMILES string of the molecule is CC(C)N1CC2CCC1CC2C(C)(C)C. The molecule has 2 saturated heterocycles. The molecule has 0 N–H and O–H groups in total. The van der Waals surface area contributed by atoms with Crippen molar-refractivity contribution in [1.82, 2.24) is 4.90 Å². The van der Waals surface area contributed by atoms with Crippen molar-refractivity contribution < 1.29 is 0 Å². The van der Waals surface area contributed by atoms with Gasteiger partial charge in [0.25, 0.3) is 0 Å². The highest BCUT2D eigenvalue weighted by molar-refractivity contribution is 4.97. The van der Waals surface area contributed by atoms with Gasteiger partial charge in [-0.3, -0.25) is 4.90 Å². The molecule has 0 spiro atoms. The molecule has 1 heteroatoms. The Labute approximate surface area is 95.2 Å². The van der Waals surface area contributed by atoms with Crippen LogP contribution >= 0.6 is 0 Å². The predicted molar refractivity (Wildman–Crippen MR) is 65.9 cm³/mol. The summed E-state index contributed by atoms with van der Waals surface area (Å²) in [7, 11) is 0. The van der Waals surface area contributed by atoms with E-state index in [1.807, 2.05) is 0 Å². The second kappa shape index (κ2) is 3.76. The Morgan fingerprint density at radius 2 is 1.80 bits per heavy atom. The summed E-state index contributed by atoms with van der Waals surface area (Å²) in [6.45, 7) is 13.4. The minimum absolute atomic E-state index is 0.520. The average Bonchev–Trinajstić information content (AvgIpc) is 2.16. The highest BCUT2D eigenvalue weighted by Crippen LogP contribution is 2.47. The minimum atomic E-state index is 0.520. The van der Waals surface area contributed by atoms with Crippen LogP contribution < -0.4 is 0 Å². The molecule has 3 aliphatic rings. The lowest BCUT2D eigenvalue weighted by Gasteiger charge is -2.54. The lowest BCUT2D eigenvalue weighted by Crippen LogP contribution is -2.56. The fraction of sp³-hybridized carbons (Fsp3) is 1.00. The summed E-state index contributed by atoms with van der Waals surface area (Å²) in [6, 6.07) is 1.64. The van der Waals surface area contributed by atoms with E-state index >= 15 is 0 Å². The van der Waals surface area contributed by atoms with Gasteiger partial charge in [-0.2, -0.15) is 0 Å². The molecule has 0 aromatic carbocycles. The summed E-state index contributed by atoms with van der Waals surface area (Å²) < 4.78 is 0. The van der Waals surface area contributed by atoms with Gasteiger partial charge >= 0.3 is 0 Å². The third kappa shape index (κ3) is 2.08. The van der Waals surface area contributed by atoms with E-state index in [2.05, 4.69) is 39.5 Å². The maximum Gasteiger partial charge on any atom is 0.0101 e. The van der Waals surface area contributed by atoms with E-state index in [-0.39, 0.29) is 0 Å². The first-order chi connectivity index (χ1) is 6.89. The molecule has 15 heavy (non-hydrogen) atoms. The Kier molecular flexibility index (Phi) is 2.87. The van der Waals surface area contributed by atoms with E-state index in [0.29, 0.717) is 5.41 Å². The van der Waals surface area contributed by atoms with Crippen LogP contribution in [0.4, 0.5) is 0 Å². The quantitative estimate of drug-likeness (QED) is 0.638. The maximum atomic E-state index is 2.75. The Morgan fingerprint density at radius 1 is 1.13 bits per heavy atom. The Balaban J connectivity index is 2.09. The third-order valence-electron chi connectivity index (χ3n) is 4.66. The molecule has 0 amide bonds. The van der Waals surface area contributed by atoms with Crippen LogP contribution in [0.5, 0.6) is 0 Å². The molecule has 3 rings (SSSR count). The van der Waals surface area contributed by atoms with Gasteiger partial charge in [0.15, 0.2) is 0 Å². The van der Waals surface area contributed by atoms with Crippen molar-refractivity contribution in [3.8, 4) is 0 Å². The Morgan fingerprint density at radius 3 is 2.20 bits per heavy atom. The van der Waals surface area contributed by atoms with Crippen LogP contribution in [0.15, 0.2) is 0 Å². The summed E-state index contributed by atoms with van der Waals surface area (Å²) >= 11 is 0. The zero-order chi connectivity index (χ0) is 11.2. The summed E-state index contributed by atoms with van der Waals surface area (Å²) in [5, 5.41) is 0. The summed E-state index contributed by atoms with van der Waals surface area (Å²) in [6.07, 6.45) is 4.39. The highest BCUT2D eigenvalue weighted by atomic mass is 15.2. The van der Waals surface area contributed by atoms with Gasteiger partial charge in [0, 0.05) is 18.6 Å². The average molecular weight is 209 g/mol. The number of rotatable bonds is 1. The van der Waals surface area contributed by atoms with Crippen molar-refractivity contribution >= 4 is 0 Å². The van der Waals surface area contributed by atoms with Gasteiger partial charge in [-0.15, -0.1) is 0 Å². The lowest BCUT2D eigenvalue weighted by molar-refractivity contribution is -0.0506. The Bertz CT molecular complexity index is 226. The second-order valence-electron chi connectivity index (χ2n) is 6.99. The lowest BCUT2D eigenvalue weighted by atomic mass is 9.62. The van der Waals surface area contributed by atoms with Crippen molar-refractivity contribution in [3.05, 3.63) is 0 Å². The first kappa shape index (κ1) is 11.4. The van der Waals surface area contributed by atoms with Gasteiger partial charge in [0.2, 0.25) is 0 Å². The molecule has 0 aromatic rings. The summed E-state index contributed by atoms with van der Waals surface area (Å²) in [5.41, 5.74) is 0.520. The monoisotopic (exact) mass is 209 g/mol. The van der Waals surface area contributed by atoms with E-state index in [4.69, 9.17) is 0 Å². The van der Waals surface area contributed by atoms with Crippen LogP contribution in [0.25, 0.3) is 0 Å². The van der Waals surface area contributed by atoms with Crippen LogP contribution in [0, 0.1) is 17.3 Å². The van der Waals surface area contributed by atoms with Crippen molar-refractivity contribution in [1.29, 1.82) is 0 Å². The molecule has 2 aliphatic heterocycles. The molecular formula is C14H27N. The number of nitrogens with zero attached hydrogens (tertiary/aromatic N) is 1. The van der Waals surface area contributed by atoms with E-state index in [1.54, 1.807) is 0 Å². The fourth-order valence-corrected chi connectivity index (χ4v) is 3.84. The smallest absolute Gasteiger partial charge is 0.0101 e. The maximum absolute atomic E-state index is 2.75. The zero-order valence-electron chi connectivity index (χ0n) is 11.1. The molecule has 3 fully saturated rings. The molecule has 0 aromatic heterocycles. The van der Waals surface area contributed by atoms with Gasteiger partial charge in [-0.25, -0.2) is 0 Å². The van der Waals surface area contributed by atoms with Crippen molar-refractivity contribution in [2.45, 2.75) is 66.0 Å². The number of hydrogen-bond donors (Lipinski definition) is 0. The second-order valence-corrected chi connectivity index (χ2v) is 6.99. The molecule has 1 saturated carbocycles. The van der Waals surface area contributed by atoms with Crippen molar-refractivity contribution in [2.75, 3.05) is 6.54 Å². The number of hydrogen-bond acceptors (Lipinski definition) is 1. The summed E-state index contributed by atoms with van der Waals surface area (Å²) in [4.78, 5) is 2.75. The van der Waals surface area contributed by atoms with Crippen LogP contribution in [-0.2, 0) is 0 Å². The fourth-order valence-electron chi connectivity index (χ4n) is 3.84. The normalized spacial score (nSPS) is 37.6. The molecule has 0 radical (unpaired) electrons. The predicted octanol–water partition coefficient (Wildman–Crippen LogP) is 3.54. The molecular weight excluding hydrogens is 182 g/mol. The van der Waals surface area contributed by atoms with E-state index in [9.17, 15) is 0 Å². The van der Waals surface area contributed by atoms with Crippen LogP contribution in [-0.4, -0.2) is 23.5 Å². The van der Waals surface area contributed by atoms with Gasteiger partial charge in [0.1, 0.15) is 0 Å². The number of fused-ring (bicyclic) bond motifs is 3. The molecule has 1 nitrogen and oxygen atoms in total. The Hall–Kier alpha value is -0.0400. The van der Waals surface area contributed by atoms with E-state index < -0.39 is 0 Å². The first-order valence-electron chi connectivity index (χ1n) is 6.65. The van der Waals surface area contributed by atoms with Crippen LogP contribution in [0.3, 0.4) is 0 Å². The van der Waals surface area contributed by atoms with Crippen molar-refractivity contribution in [3.63, 3.8) is 0 Å². The summed E-state index contributed by atoms with van der Waals surface area (Å²) in [5.74, 6) is 1.93. The zero-order valence-corrected chi connectivity index (χ0v) is 11.1. The van der Waals surface area contributed by atoms with Gasteiger partial charge < -0.3 is 0 Å². The molecule has 3 atom stereocenters. The van der Waals surface area contributed by atoms with Crippen LogP contribution in [0.1, 0.15) is 53.9 Å². The highest BCUT2D eigenvalue weighted by Gasteiger charge is 2.45. The van der Waals surface area contributed by atoms with E-state index in [1.165, 1.54) is 25.8 Å². The van der Waals surface area contributed by atoms with Gasteiger partial charge in [0.05, 0.1) is 0 Å². The molecule has 2 heterocycles. The molecule has 88 valence electrons. The first-order valence-corrected chi connectivity index (χ1v) is 6.65. The van der Waals surface area contributed by atoms with Gasteiger partial charge in [-0.05, 0) is 50.4 Å². The van der Waals surface area contributed by atoms with E-state index in [0.717, 1.165) is 23.9 Å². The van der Waals surface area contributed by atoms with Gasteiger partial charge in [-0.1, -0.05) is 20.8 Å². The minimum Gasteiger partial charge on any atom is -0.298 e. The third-order valence-corrected chi connectivity index (χ3v) is 4.66. The molecule has 2 bridgehead atoms.